The van der Waals surface area contributed by atoms with Crippen LogP contribution in [-0.2, 0) is 4.79 Å². The van der Waals surface area contributed by atoms with Gasteiger partial charge in [0, 0.05) is 31.5 Å². The van der Waals surface area contributed by atoms with Gasteiger partial charge in [0.1, 0.15) is 5.82 Å². The number of carbonyl (C=O) groups excluding carboxylic acids is 2. The first-order valence-corrected chi connectivity index (χ1v) is 6.15. The monoisotopic (exact) mass is 316 g/mol. The lowest BCUT2D eigenvalue weighted by atomic mass is 10.2. The summed E-state index contributed by atoms with van der Waals surface area (Å²) in [6.45, 7) is 0.177. The lowest BCUT2D eigenvalue weighted by Crippen LogP contribution is -2.30. The van der Waals surface area contributed by atoms with E-state index in [1.54, 1.807) is 20.2 Å². The maximum atomic E-state index is 13.4. The third-order valence-electron chi connectivity index (χ3n) is 2.31. The third-order valence-corrected chi connectivity index (χ3v) is 2.97. The van der Waals surface area contributed by atoms with E-state index in [4.69, 9.17) is 0 Å². The molecule has 0 saturated carbocycles. The summed E-state index contributed by atoms with van der Waals surface area (Å²) in [7, 11) is 3.27. The van der Waals surface area contributed by atoms with Gasteiger partial charge in [-0.1, -0.05) is 6.07 Å². The second kappa shape index (κ2) is 6.49. The first kappa shape index (κ1) is 14.6. The molecule has 0 aliphatic carbocycles. The highest BCUT2D eigenvalue weighted by molar-refractivity contribution is 9.10. The van der Waals surface area contributed by atoms with Gasteiger partial charge in [-0.15, -0.1) is 0 Å². The van der Waals surface area contributed by atoms with E-state index in [0.717, 1.165) is 0 Å². The van der Waals surface area contributed by atoms with Crippen LogP contribution in [-0.4, -0.2) is 37.4 Å². The Balaban J connectivity index is 2.59. The summed E-state index contributed by atoms with van der Waals surface area (Å²) in [5.41, 5.74) is -0.0465. The molecule has 0 spiro atoms. The van der Waals surface area contributed by atoms with Gasteiger partial charge in [-0.3, -0.25) is 9.59 Å². The predicted octanol–water partition coefficient (Wildman–Crippen LogP) is 1.80. The number of nitrogens with one attached hydrogen (secondary N) is 1. The molecule has 0 aliphatic heterocycles. The number of benzene rings is 1. The van der Waals surface area contributed by atoms with Crippen molar-refractivity contribution in [2.75, 3.05) is 20.6 Å². The number of carbonyl (C=O) groups is 2. The van der Waals surface area contributed by atoms with Gasteiger partial charge in [-0.05, 0) is 28.1 Å². The van der Waals surface area contributed by atoms with Gasteiger partial charge in [-0.2, -0.15) is 0 Å². The molecule has 0 heterocycles. The van der Waals surface area contributed by atoms with Crippen LogP contribution in [0.15, 0.2) is 22.7 Å². The summed E-state index contributed by atoms with van der Waals surface area (Å²) in [6.07, 6.45) is 0.185. The largest absolute Gasteiger partial charge is 0.351 e. The highest BCUT2D eigenvalue weighted by Gasteiger charge is 2.15. The van der Waals surface area contributed by atoms with Crippen molar-refractivity contribution in [3.05, 3.63) is 34.1 Å². The molecule has 1 aromatic carbocycles. The SMILES string of the molecule is CN(C)C(=O)CCNC(=O)c1c(F)cccc1Br. The molecule has 0 saturated heterocycles. The first-order valence-electron chi connectivity index (χ1n) is 5.36. The van der Waals surface area contributed by atoms with Gasteiger partial charge in [-0.25, -0.2) is 4.39 Å². The molecule has 18 heavy (non-hydrogen) atoms. The van der Waals surface area contributed by atoms with E-state index in [9.17, 15) is 14.0 Å². The van der Waals surface area contributed by atoms with Gasteiger partial charge in [0.25, 0.3) is 5.91 Å². The van der Waals surface area contributed by atoms with E-state index >= 15 is 0 Å². The third kappa shape index (κ3) is 3.80. The molecule has 0 radical (unpaired) electrons. The van der Waals surface area contributed by atoms with Crippen molar-refractivity contribution < 1.29 is 14.0 Å². The van der Waals surface area contributed by atoms with Crippen molar-refractivity contribution in [1.82, 2.24) is 10.2 Å². The summed E-state index contributed by atoms with van der Waals surface area (Å²) in [5, 5.41) is 2.51. The lowest BCUT2D eigenvalue weighted by molar-refractivity contribution is -0.128. The Bertz CT molecular complexity index is 443. The molecular weight excluding hydrogens is 303 g/mol. The molecule has 1 aromatic rings. The molecule has 0 unspecified atom stereocenters. The van der Waals surface area contributed by atoms with E-state index in [1.165, 1.54) is 17.0 Å². The van der Waals surface area contributed by atoms with E-state index < -0.39 is 11.7 Å². The number of halogens is 2. The molecule has 1 N–H and O–H groups in total. The van der Waals surface area contributed by atoms with Gasteiger partial charge in [0.15, 0.2) is 0 Å². The van der Waals surface area contributed by atoms with E-state index in [1.807, 2.05) is 0 Å². The summed E-state index contributed by atoms with van der Waals surface area (Å²) in [6, 6.07) is 4.30. The fourth-order valence-electron chi connectivity index (χ4n) is 1.31. The summed E-state index contributed by atoms with van der Waals surface area (Å²) < 4.78 is 13.8. The fraction of sp³-hybridized carbons (Fsp3) is 0.333. The van der Waals surface area contributed by atoms with Gasteiger partial charge in [0.05, 0.1) is 5.56 Å². The lowest BCUT2D eigenvalue weighted by Gasteiger charge is -2.11. The Hall–Kier alpha value is -1.43. The molecule has 0 aliphatic rings. The normalized spacial score (nSPS) is 10.0. The van der Waals surface area contributed by atoms with Crippen molar-refractivity contribution in [1.29, 1.82) is 0 Å². The van der Waals surface area contributed by atoms with Crippen LogP contribution in [0.4, 0.5) is 4.39 Å². The zero-order valence-corrected chi connectivity index (χ0v) is 11.8. The number of rotatable bonds is 4. The zero-order chi connectivity index (χ0) is 13.7. The van der Waals surface area contributed by atoms with Crippen molar-refractivity contribution in [2.24, 2.45) is 0 Å². The van der Waals surface area contributed by atoms with Crippen LogP contribution in [0.25, 0.3) is 0 Å². The van der Waals surface area contributed by atoms with E-state index in [2.05, 4.69) is 21.2 Å². The maximum absolute atomic E-state index is 13.4. The topological polar surface area (TPSA) is 49.4 Å². The minimum Gasteiger partial charge on any atom is -0.351 e. The van der Waals surface area contributed by atoms with Crippen LogP contribution in [0.2, 0.25) is 0 Å². The summed E-state index contributed by atoms with van der Waals surface area (Å²) >= 11 is 3.12. The molecule has 98 valence electrons. The van der Waals surface area contributed by atoms with Gasteiger partial charge >= 0.3 is 0 Å². The van der Waals surface area contributed by atoms with E-state index in [-0.39, 0.29) is 24.4 Å². The highest BCUT2D eigenvalue weighted by Crippen LogP contribution is 2.19. The molecule has 0 fully saturated rings. The van der Waals surface area contributed by atoms with Crippen LogP contribution in [0.5, 0.6) is 0 Å². The highest BCUT2D eigenvalue weighted by atomic mass is 79.9. The molecule has 0 aromatic heterocycles. The maximum Gasteiger partial charge on any atom is 0.255 e. The number of nitrogens with zero attached hydrogens (tertiary/aromatic N) is 1. The van der Waals surface area contributed by atoms with Crippen molar-refractivity contribution in [3.63, 3.8) is 0 Å². The molecule has 0 atom stereocenters. The van der Waals surface area contributed by atoms with Crippen LogP contribution in [0.3, 0.4) is 0 Å². The van der Waals surface area contributed by atoms with Crippen molar-refractivity contribution in [2.45, 2.75) is 6.42 Å². The Kier molecular flexibility index (Phi) is 5.27. The Morgan fingerprint density at radius 1 is 1.39 bits per heavy atom. The molecule has 6 heteroatoms. The average Bonchev–Trinajstić information content (AvgIpc) is 2.28. The molecule has 2 amide bonds. The molecular formula is C12H14BrFN2O2. The summed E-state index contributed by atoms with van der Waals surface area (Å²) in [5.74, 6) is -1.23. The molecule has 0 bridgehead atoms. The minimum absolute atomic E-state index is 0.0465. The number of hydrogen-bond acceptors (Lipinski definition) is 2. The smallest absolute Gasteiger partial charge is 0.255 e. The zero-order valence-electron chi connectivity index (χ0n) is 10.2. The van der Waals surface area contributed by atoms with Crippen LogP contribution < -0.4 is 5.32 Å². The quantitative estimate of drug-likeness (QED) is 0.920. The standard InChI is InChI=1S/C12H14BrFN2O2/c1-16(2)10(17)6-7-15-12(18)11-8(13)4-3-5-9(11)14/h3-5H,6-7H2,1-2H3,(H,15,18). The van der Waals surface area contributed by atoms with Gasteiger partial charge in [0.2, 0.25) is 5.91 Å². The molecule has 1 rings (SSSR count). The Labute approximate surface area is 113 Å². The first-order chi connectivity index (χ1) is 8.43. The minimum atomic E-state index is -0.596. The summed E-state index contributed by atoms with van der Waals surface area (Å²) in [4.78, 5) is 24.5. The number of amides is 2. The van der Waals surface area contributed by atoms with Crippen molar-refractivity contribution >= 4 is 27.7 Å². The Morgan fingerprint density at radius 2 is 2.06 bits per heavy atom. The Morgan fingerprint density at radius 3 is 2.61 bits per heavy atom. The second-order valence-electron chi connectivity index (χ2n) is 3.89. The van der Waals surface area contributed by atoms with Crippen LogP contribution in [0.1, 0.15) is 16.8 Å². The molecule has 4 nitrogen and oxygen atoms in total. The number of hydrogen-bond donors (Lipinski definition) is 1. The second-order valence-corrected chi connectivity index (χ2v) is 4.75. The average molecular weight is 317 g/mol. The fourth-order valence-corrected chi connectivity index (χ4v) is 1.83. The van der Waals surface area contributed by atoms with Crippen LogP contribution >= 0.6 is 15.9 Å². The van der Waals surface area contributed by atoms with Crippen molar-refractivity contribution in [3.8, 4) is 0 Å². The predicted molar refractivity (Wildman–Crippen MR) is 69.7 cm³/mol. The van der Waals surface area contributed by atoms with E-state index in [0.29, 0.717) is 4.47 Å². The van der Waals surface area contributed by atoms with Crippen LogP contribution in [0, 0.1) is 5.82 Å². The van der Waals surface area contributed by atoms with Gasteiger partial charge < -0.3 is 10.2 Å².